The van der Waals surface area contributed by atoms with Crippen LogP contribution in [0.5, 0.6) is 0 Å². The first-order valence-corrected chi connectivity index (χ1v) is 6.50. The first-order chi connectivity index (χ1) is 8.68. The van der Waals surface area contributed by atoms with Crippen molar-refractivity contribution in [3.63, 3.8) is 0 Å². The standard InChI is InChI=1S/C14H8INO2/c15-9-5-7-10(8-6-9)16-12-4-2-1-3-11(12)13(17)14(16)18/h1-8H. The quantitative estimate of drug-likeness (QED) is 0.586. The van der Waals surface area contributed by atoms with Crippen LogP contribution in [0.1, 0.15) is 10.4 Å². The Morgan fingerprint density at radius 3 is 2.28 bits per heavy atom. The molecule has 2 aromatic carbocycles. The van der Waals surface area contributed by atoms with Gasteiger partial charge in [0.1, 0.15) is 0 Å². The number of carbonyl (C=O) groups is 2. The molecule has 0 spiro atoms. The first kappa shape index (κ1) is 11.4. The van der Waals surface area contributed by atoms with Crippen LogP contribution in [0.3, 0.4) is 0 Å². The molecule has 1 amide bonds. The minimum atomic E-state index is -0.489. The van der Waals surface area contributed by atoms with Crippen LogP contribution in [-0.2, 0) is 4.79 Å². The van der Waals surface area contributed by atoms with Crippen molar-refractivity contribution in [3.05, 3.63) is 57.7 Å². The second-order valence-corrected chi connectivity index (χ2v) is 5.21. The SMILES string of the molecule is O=C1C(=O)N(c2ccc(I)cc2)c2ccccc21. The Hall–Kier alpha value is -1.69. The summed E-state index contributed by atoms with van der Waals surface area (Å²) in [5, 5.41) is 0. The van der Waals surface area contributed by atoms with Crippen molar-refractivity contribution in [2.24, 2.45) is 0 Å². The van der Waals surface area contributed by atoms with Gasteiger partial charge in [-0.2, -0.15) is 0 Å². The molecular weight excluding hydrogens is 341 g/mol. The lowest BCUT2D eigenvalue weighted by atomic mass is 10.1. The third-order valence-electron chi connectivity index (χ3n) is 2.87. The number of para-hydroxylation sites is 1. The van der Waals surface area contributed by atoms with E-state index in [0.717, 1.165) is 9.26 Å². The molecule has 0 aromatic heterocycles. The summed E-state index contributed by atoms with van der Waals surface area (Å²) in [6.45, 7) is 0. The summed E-state index contributed by atoms with van der Waals surface area (Å²) in [4.78, 5) is 25.3. The van der Waals surface area contributed by atoms with Crippen LogP contribution in [0.25, 0.3) is 0 Å². The van der Waals surface area contributed by atoms with Gasteiger partial charge in [0.05, 0.1) is 11.3 Å². The van der Waals surface area contributed by atoms with Gasteiger partial charge in [0, 0.05) is 9.26 Å². The Morgan fingerprint density at radius 2 is 1.56 bits per heavy atom. The molecule has 1 heterocycles. The van der Waals surface area contributed by atoms with Crippen molar-refractivity contribution >= 4 is 45.7 Å². The van der Waals surface area contributed by atoms with Gasteiger partial charge in [-0.1, -0.05) is 12.1 Å². The number of Topliss-reactive ketones (excluding diaryl/α,β-unsaturated/α-hetero) is 1. The largest absolute Gasteiger partial charge is 0.304 e. The van der Waals surface area contributed by atoms with Gasteiger partial charge in [-0.3, -0.25) is 14.5 Å². The number of fused-ring (bicyclic) bond motifs is 1. The Kier molecular flexibility index (Phi) is 2.66. The van der Waals surface area contributed by atoms with E-state index in [-0.39, 0.29) is 0 Å². The highest BCUT2D eigenvalue weighted by Gasteiger charge is 2.36. The monoisotopic (exact) mass is 349 g/mol. The van der Waals surface area contributed by atoms with Crippen LogP contribution >= 0.6 is 22.6 Å². The van der Waals surface area contributed by atoms with Gasteiger partial charge < -0.3 is 0 Å². The Balaban J connectivity index is 2.16. The van der Waals surface area contributed by atoms with Gasteiger partial charge in [-0.05, 0) is 59.0 Å². The Bertz CT molecular complexity index is 649. The highest BCUT2D eigenvalue weighted by Crippen LogP contribution is 2.35. The lowest BCUT2D eigenvalue weighted by molar-refractivity contribution is -0.113. The topological polar surface area (TPSA) is 37.4 Å². The lowest BCUT2D eigenvalue weighted by Gasteiger charge is -2.16. The van der Waals surface area contributed by atoms with Crippen LogP contribution in [0.15, 0.2) is 48.5 Å². The van der Waals surface area contributed by atoms with Crippen molar-refractivity contribution in [2.75, 3.05) is 4.90 Å². The second-order valence-electron chi connectivity index (χ2n) is 3.96. The second kappa shape index (κ2) is 4.20. The third kappa shape index (κ3) is 1.64. The van der Waals surface area contributed by atoms with Crippen LogP contribution < -0.4 is 4.90 Å². The molecule has 0 aliphatic carbocycles. The molecule has 2 aromatic rings. The summed E-state index contributed by atoms with van der Waals surface area (Å²) in [5.41, 5.74) is 1.86. The summed E-state index contributed by atoms with van der Waals surface area (Å²) in [7, 11) is 0. The van der Waals surface area contributed by atoms with Crippen LogP contribution in [-0.4, -0.2) is 11.7 Å². The molecule has 4 heteroatoms. The smallest absolute Gasteiger partial charge is 0.283 e. The van der Waals surface area contributed by atoms with Gasteiger partial charge in [-0.15, -0.1) is 0 Å². The van der Waals surface area contributed by atoms with E-state index in [0.29, 0.717) is 11.3 Å². The highest BCUT2D eigenvalue weighted by molar-refractivity contribution is 14.1. The maximum absolute atomic E-state index is 12.0. The summed E-state index contributed by atoms with van der Waals surface area (Å²) >= 11 is 2.20. The summed E-state index contributed by atoms with van der Waals surface area (Å²) in [5.74, 6) is -0.929. The molecule has 3 nitrogen and oxygen atoms in total. The van der Waals surface area contributed by atoms with Gasteiger partial charge in [0.25, 0.3) is 5.78 Å². The number of hydrogen-bond donors (Lipinski definition) is 0. The average molecular weight is 349 g/mol. The van der Waals surface area contributed by atoms with Crippen molar-refractivity contribution in [1.29, 1.82) is 0 Å². The van der Waals surface area contributed by atoms with Crippen LogP contribution in [0.4, 0.5) is 11.4 Å². The molecule has 0 N–H and O–H groups in total. The highest BCUT2D eigenvalue weighted by atomic mass is 127. The minimum absolute atomic E-state index is 0.441. The first-order valence-electron chi connectivity index (χ1n) is 5.42. The van der Waals surface area contributed by atoms with E-state index in [1.54, 1.807) is 18.2 Å². The van der Waals surface area contributed by atoms with Crippen LogP contribution in [0, 0.1) is 3.57 Å². The molecule has 0 atom stereocenters. The zero-order valence-corrected chi connectivity index (χ0v) is 11.4. The Labute approximate surface area is 118 Å². The number of ketones is 1. The van der Waals surface area contributed by atoms with Gasteiger partial charge in [0.15, 0.2) is 0 Å². The maximum atomic E-state index is 12.0. The van der Waals surface area contributed by atoms with Gasteiger partial charge in [0.2, 0.25) is 0 Å². The normalized spacial score (nSPS) is 13.9. The van der Waals surface area contributed by atoms with E-state index >= 15 is 0 Å². The number of hydrogen-bond acceptors (Lipinski definition) is 2. The van der Waals surface area contributed by atoms with Gasteiger partial charge >= 0.3 is 5.91 Å². The van der Waals surface area contributed by atoms with Crippen molar-refractivity contribution in [3.8, 4) is 0 Å². The molecule has 0 fully saturated rings. The average Bonchev–Trinajstić information content (AvgIpc) is 2.64. The zero-order valence-electron chi connectivity index (χ0n) is 9.26. The fraction of sp³-hybridized carbons (Fsp3) is 0. The van der Waals surface area contributed by atoms with Crippen molar-refractivity contribution < 1.29 is 9.59 Å². The summed E-state index contributed by atoms with van der Waals surface area (Å²) in [6.07, 6.45) is 0. The predicted molar refractivity (Wildman–Crippen MR) is 77.1 cm³/mol. The molecule has 1 aliphatic heterocycles. The van der Waals surface area contributed by atoms with Crippen LogP contribution in [0.2, 0.25) is 0 Å². The zero-order chi connectivity index (χ0) is 12.7. The molecule has 0 radical (unpaired) electrons. The number of anilines is 2. The molecule has 18 heavy (non-hydrogen) atoms. The molecule has 0 unspecified atom stereocenters. The molecule has 1 aliphatic rings. The maximum Gasteiger partial charge on any atom is 0.304 e. The van der Waals surface area contributed by atoms with E-state index < -0.39 is 11.7 Å². The van der Waals surface area contributed by atoms with E-state index in [2.05, 4.69) is 22.6 Å². The van der Waals surface area contributed by atoms with Crippen molar-refractivity contribution in [2.45, 2.75) is 0 Å². The lowest BCUT2D eigenvalue weighted by Crippen LogP contribution is -2.24. The fourth-order valence-electron chi connectivity index (χ4n) is 2.03. The van der Waals surface area contributed by atoms with E-state index in [4.69, 9.17) is 0 Å². The number of carbonyl (C=O) groups excluding carboxylic acids is 2. The van der Waals surface area contributed by atoms with E-state index in [1.807, 2.05) is 30.3 Å². The number of nitrogens with zero attached hydrogens (tertiary/aromatic N) is 1. The molecule has 0 bridgehead atoms. The van der Waals surface area contributed by atoms with E-state index in [9.17, 15) is 9.59 Å². The summed E-state index contributed by atoms with van der Waals surface area (Å²) in [6, 6.07) is 14.6. The van der Waals surface area contributed by atoms with Crippen molar-refractivity contribution in [1.82, 2.24) is 0 Å². The molecule has 88 valence electrons. The molecule has 0 saturated carbocycles. The van der Waals surface area contributed by atoms with E-state index in [1.165, 1.54) is 4.90 Å². The van der Waals surface area contributed by atoms with Gasteiger partial charge in [-0.25, -0.2) is 0 Å². The molecule has 3 rings (SSSR count). The minimum Gasteiger partial charge on any atom is -0.283 e. The molecule has 0 saturated heterocycles. The Morgan fingerprint density at radius 1 is 0.889 bits per heavy atom. The number of amides is 1. The number of rotatable bonds is 1. The number of halogens is 1. The summed E-state index contributed by atoms with van der Waals surface area (Å²) < 4.78 is 1.09. The molecular formula is C14H8INO2. The third-order valence-corrected chi connectivity index (χ3v) is 3.59. The predicted octanol–water partition coefficient (Wildman–Crippen LogP) is 3.15. The fourth-order valence-corrected chi connectivity index (χ4v) is 2.39. The number of benzene rings is 2.